The van der Waals surface area contributed by atoms with Crippen molar-refractivity contribution in [3.05, 3.63) is 476 Å². The third-order valence-electron chi connectivity index (χ3n) is 21.9. The molecule has 17 aromatic rings. The average molecular weight is 1880 g/mol. The van der Waals surface area contributed by atoms with Crippen LogP contribution in [0.2, 0.25) is 0 Å². The van der Waals surface area contributed by atoms with Crippen LogP contribution in [0.3, 0.4) is 0 Å². The molecule has 1 aliphatic heterocycles. The number of hydrogen-bond donors (Lipinski definition) is 0. The van der Waals surface area contributed by atoms with E-state index in [-0.39, 0.29) is 59.4 Å². The van der Waals surface area contributed by atoms with Crippen molar-refractivity contribution in [1.29, 1.82) is 0 Å². The molecule has 0 aliphatic carbocycles. The molecule has 1 aliphatic rings. The van der Waals surface area contributed by atoms with E-state index in [0.717, 1.165) is 33.1 Å². The van der Waals surface area contributed by atoms with Crippen molar-refractivity contribution < 1.29 is 94.3 Å². The Balaban J connectivity index is 0.000000206. The average Bonchev–Trinajstić information content (AvgIpc) is 0.723. The molecule has 0 saturated heterocycles. The Morgan fingerprint density at radius 1 is 0.281 bits per heavy atom. The van der Waals surface area contributed by atoms with E-state index in [2.05, 4.69) is 0 Å². The van der Waals surface area contributed by atoms with E-state index in [1.165, 1.54) is 42.5 Å². The van der Waals surface area contributed by atoms with Crippen LogP contribution in [0.5, 0.6) is 51.7 Å². The van der Waals surface area contributed by atoms with Gasteiger partial charge in [-0.3, -0.25) is 4.57 Å². The maximum atomic E-state index is 15.5. The Morgan fingerprint density at radius 2 is 0.600 bits per heavy atom. The van der Waals surface area contributed by atoms with E-state index in [1.807, 2.05) is 165 Å². The van der Waals surface area contributed by atoms with Crippen LogP contribution >= 0.6 is 36.4 Å². The summed E-state index contributed by atoms with van der Waals surface area (Å²) in [6.07, 6.45) is 0. The number of fused-ring (bicyclic) bond motifs is 3. The van der Waals surface area contributed by atoms with Gasteiger partial charge in [-0.1, -0.05) is 272 Å². The van der Waals surface area contributed by atoms with Crippen LogP contribution in [-0.4, -0.2) is 24.5 Å². The third-order valence-corrected chi connectivity index (χ3v) is 35.5. The molecule has 0 fully saturated rings. The molecule has 670 valence electrons. The van der Waals surface area contributed by atoms with Gasteiger partial charge in [0.05, 0.1) is 33.9 Å². The van der Waals surface area contributed by atoms with Crippen molar-refractivity contribution in [2.75, 3.05) is 6.61 Å². The number of esters is 3. The molecular weight excluding hydrogens is 1800 g/mol. The van der Waals surface area contributed by atoms with Gasteiger partial charge in [0.15, 0.2) is 38.7 Å². The zero-order valence-electron chi connectivity index (χ0n) is 72.7. The van der Waals surface area contributed by atoms with E-state index in [4.69, 9.17) is 57.1 Å². The van der Waals surface area contributed by atoms with Crippen LogP contribution in [0, 0.1) is 6.92 Å². The van der Waals surface area contributed by atoms with E-state index in [9.17, 15) is 23.5 Å². The fourth-order valence-corrected chi connectivity index (χ4v) is 26.9. The van der Waals surface area contributed by atoms with Gasteiger partial charge in [-0.25, -0.2) is 18.9 Å². The van der Waals surface area contributed by atoms with Gasteiger partial charge >= 0.3 is 32.9 Å². The third kappa shape index (κ3) is 20.9. The first-order valence-electron chi connectivity index (χ1n) is 42.9. The molecule has 0 amide bonds. The predicted octanol–water partition coefficient (Wildman–Crippen LogP) is 20.9. The molecular formula is C110H85O20P5. The molecule has 0 bridgehead atoms. The SMILES string of the molecule is CCOOc1ccc(OC(=O)c2ccc(P(=O)(c3ccccc3)c3ccc(COOc4ccc(OP(=O)(Oc5ccc(OC(=O)c6ccccc6)cc5)c5ccccc5)cc4)cc3)cc2)cc1P1(=O)Oc2ccccc2-c2ccccc21.Cc1ccc(P(=O)(c2ccccc2)c2ccc(C(=O)Oc3ccc(P(=O)(c4ccccc4)c4ccc(OOCc5ccccc5)cc4)cc3)cc2)cc1. The number of carbonyl (C=O) groups is 3. The molecule has 0 spiro atoms. The fourth-order valence-electron chi connectivity index (χ4n) is 15.1. The number of para-hydroxylation sites is 1. The highest BCUT2D eigenvalue weighted by Gasteiger charge is 2.42. The van der Waals surface area contributed by atoms with Gasteiger partial charge in [0.2, 0.25) is 0 Å². The zero-order chi connectivity index (χ0) is 93.2. The van der Waals surface area contributed by atoms with Gasteiger partial charge in [-0.2, -0.15) is 14.7 Å². The molecule has 0 N–H and O–H groups in total. The summed E-state index contributed by atoms with van der Waals surface area (Å²) in [6.45, 7) is 4.27. The molecule has 5 atom stereocenters. The Bertz CT molecular complexity index is 7260. The van der Waals surface area contributed by atoms with E-state index in [0.29, 0.717) is 87.2 Å². The van der Waals surface area contributed by atoms with Gasteiger partial charge in [-0.05, 0) is 206 Å². The van der Waals surface area contributed by atoms with E-state index < -0.39 is 54.3 Å². The molecule has 135 heavy (non-hydrogen) atoms. The smallest absolute Gasteiger partial charge is 0.436 e. The maximum absolute atomic E-state index is 15.5. The summed E-state index contributed by atoms with van der Waals surface area (Å²) in [7, 11) is -18.0. The highest BCUT2D eigenvalue weighted by molar-refractivity contribution is 7.86. The number of hydrogen-bond acceptors (Lipinski definition) is 20. The van der Waals surface area contributed by atoms with Crippen LogP contribution in [0.25, 0.3) is 11.1 Å². The summed E-state index contributed by atoms with van der Waals surface area (Å²) in [5.41, 5.74) is 5.20. The van der Waals surface area contributed by atoms with Crippen LogP contribution < -0.4 is 106 Å². The molecule has 20 nitrogen and oxygen atoms in total. The largest absolute Gasteiger partial charge is 0.462 e. The lowest BCUT2D eigenvalue weighted by molar-refractivity contribution is -0.217. The highest BCUT2D eigenvalue weighted by atomic mass is 31.2. The number of ether oxygens (including phenoxy) is 3. The lowest BCUT2D eigenvalue weighted by Crippen LogP contribution is -2.27. The Kier molecular flexibility index (Phi) is 28.5. The molecule has 1 heterocycles. The Morgan fingerprint density at radius 3 is 1.05 bits per heavy atom. The quantitative estimate of drug-likeness (QED) is 0.0125. The summed E-state index contributed by atoms with van der Waals surface area (Å²) in [5, 5.41) is 6.41. The topological polar surface area (TPSA) is 247 Å². The first-order chi connectivity index (χ1) is 65.8. The van der Waals surface area contributed by atoms with Gasteiger partial charge in [0, 0.05) is 53.3 Å². The van der Waals surface area contributed by atoms with Crippen molar-refractivity contribution >= 4 is 118 Å². The second-order valence-electron chi connectivity index (χ2n) is 30.9. The number of rotatable bonds is 32. The van der Waals surface area contributed by atoms with Crippen molar-refractivity contribution in [2.24, 2.45) is 0 Å². The van der Waals surface area contributed by atoms with Crippen molar-refractivity contribution in [3.8, 4) is 62.9 Å². The first kappa shape index (κ1) is 91.9. The summed E-state index contributed by atoms with van der Waals surface area (Å²) in [6, 6.07) is 128. The molecule has 25 heteroatoms. The normalized spacial score (nSPS) is 14.1. The molecule has 17 aromatic carbocycles. The lowest BCUT2D eigenvalue weighted by atomic mass is 10.0. The van der Waals surface area contributed by atoms with Crippen molar-refractivity contribution in [2.45, 2.75) is 27.1 Å². The van der Waals surface area contributed by atoms with Gasteiger partial charge in [0.25, 0.3) is 0 Å². The van der Waals surface area contributed by atoms with Crippen LogP contribution in [0.1, 0.15) is 54.7 Å². The Labute approximate surface area is 780 Å². The van der Waals surface area contributed by atoms with Crippen LogP contribution in [-0.2, 0) is 50.7 Å². The summed E-state index contributed by atoms with van der Waals surface area (Å²) >= 11 is 0. The minimum Gasteiger partial charge on any atom is -0.436 e. The molecule has 0 radical (unpaired) electrons. The maximum Gasteiger partial charge on any atom is 0.462 e. The first-order valence-corrected chi connectivity index (χ1v) is 51.2. The van der Waals surface area contributed by atoms with Crippen molar-refractivity contribution in [1.82, 2.24) is 0 Å². The number of aryl methyl sites for hydroxylation is 1. The second kappa shape index (κ2) is 41.8. The van der Waals surface area contributed by atoms with E-state index >= 15 is 13.7 Å². The molecule has 5 unspecified atom stereocenters. The van der Waals surface area contributed by atoms with Gasteiger partial charge in [-0.15, -0.1) is 0 Å². The standard InChI is InChI=1S/C65H49O14P3.C45H36O6P2/c1-2-71-76-61-43-38-53(44-63(61)81(69)62-25-15-13-23-59(62)58-22-12-14-24-60(58)79-81)74-65(67)48-28-41-56(42-29-48)80(68,54-18-8-4-9-19-54)55-39-26-46(27-40-55)45-72-75-50-32-36-52(37-33-50)78-82(70,57-20-10-5-11-21-57)77-51-34-30-49(31-35-51)73-64(66)47-16-6-3-7-17-47;1-34-17-25-41(26-18-34)52(47,39-13-7-3-8-14-39)42-27-19-36(20-28-42)45(46)50-37-21-29-43(30-22-37)53(48,40-15-9-4-10-16-40)44-31-23-38(24-32-44)51-49-33-35-11-5-2-6-12-35/h3-44H,2,45H2,1H3;2-32H,33H2,1H3. The van der Waals surface area contributed by atoms with Crippen LogP contribution in [0.4, 0.5) is 0 Å². The minimum atomic E-state index is -4.02. The summed E-state index contributed by atoms with van der Waals surface area (Å²) in [4.78, 5) is 72.8. The number of benzene rings is 17. The highest BCUT2D eigenvalue weighted by Crippen LogP contribution is 2.56. The fraction of sp³-hybridized carbons (Fsp3) is 0.0455. The second-order valence-corrected chi connectivity index (χ2v) is 43.3. The summed E-state index contributed by atoms with van der Waals surface area (Å²) in [5.74, 6) is 0.716. The monoisotopic (exact) mass is 1880 g/mol. The molecule has 18 rings (SSSR count). The van der Waals surface area contributed by atoms with Gasteiger partial charge < -0.3 is 56.1 Å². The predicted molar refractivity (Wildman–Crippen MR) is 527 cm³/mol. The molecule has 0 aromatic heterocycles. The zero-order valence-corrected chi connectivity index (χ0v) is 77.1. The minimum absolute atomic E-state index is 0.0296. The number of carbonyl (C=O) groups excluding carboxylic acids is 3. The molecule has 0 saturated carbocycles. The van der Waals surface area contributed by atoms with Crippen LogP contribution in [0.15, 0.2) is 443 Å². The summed E-state index contributed by atoms with van der Waals surface area (Å²) < 4.78 is 110. The lowest BCUT2D eigenvalue weighted by Gasteiger charge is -2.29. The van der Waals surface area contributed by atoms with Gasteiger partial charge in [0.1, 0.15) is 53.0 Å². The Hall–Kier alpha value is -15.0. The van der Waals surface area contributed by atoms with E-state index in [1.54, 1.807) is 250 Å². The van der Waals surface area contributed by atoms with Crippen molar-refractivity contribution in [3.63, 3.8) is 0 Å².